The summed E-state index contributed by atoms with van der Waals surface area (Å²) in [6.07, 6.45) is 1.55. The number of nitrogens with zero attached hydrogens (tertiary/aromatic N) is 1. The molecule has 1 unspecified atom stereocenters. The number of para-hydroxylation sites is 1. The summed E-state index contributed by atoms with van der Waals surface area (Å²) in [5.41, 5.74) is 3.23. The lowest BCUT2D eigenvalue weighted by Gasteiger charge is -2.16. The predicted molar refractivity (Wildman–Crippen MR) is 102 cm³/mol. The Morgan fingerprint density at radius 1 is 1.19 bits per heavy atom. The summed E-state index contributed by atoms with van der Waals surface area (Å²) in [4.78, 5) is 26.4. The van der Waals surface area contributed by atoms with E-state index in [0.29, 0.717) is 11.3 Å². The van der Waals surface area contributed by atoms with Crippen molar-refractivity contribution >= 4 is 17.6 Å². The molecule has 0 spiro atoms. The molecule has 0 bridgehead atoms. The number of rotatable bonds is 5. The van der Waals surface area contributed by atoms with Gasteiger partial charge in [-0.1, -0.05) is 48.5 Å². The molecule has 5 heteroatoms. The Balaban J connectivity index is 2.04. The molecule has 1 heterocycles. The Kier molecular flexibility index (Phi) is 5.26. The number of likely N-dealkylation sites (N-methyl/N-ethyl adjacent to an activating group) is 1. The third kappa shape index (κ3) is 3.56. The molecule has 1 amide bonds. The van der Waals surface area contributed by atoms with Gasteiger partial charge >= 0.3 is 5.97 Å². The molecular weight excluding hydrogens is 342 g/mol. The first-order valence-electron chi connectivity index (χ1n) is 8.75. The van der Waals surface area contributed by atoms with Crippen molar-refractivity contribution in [3.63, 3.8) is 0 Å². The topological polar surface area (TPSA) is 66.8 Å². The number of fused-ring (bicyclic) bond motifs is 1. The van der Waals surface area contributed by atoms with E-state index in [0.717, 1.165) is 5.56 Å². The van der Waals surface area contributed by atoms with Gasteiger partial charge in [-0.05, 0) is 18.6 Å². The molecule has 27 heavy (non-hydrogen) atoms. The molecule has 1 aliphatic heterocycles. The Hall–Kier alpha value is -3.14. The van der Waals surface area contributed by atoms with E-state index >= 15 is 0 Å². The van der Waals surface area contributed by atoms with Crippen molar-refractivity contribution in [1.82, 2.24) is 0 Å². The molecule has 0 aliphatic carbocycles. The summed E-state index contributed by atoms with van der Waals surface area (Å²) in [6, 6.07) is 16.4. The second-order valence-electron chi connectivity index (χ2n) is 6.30. The van der Waals surface area contributed by atoms with Crippen LogP contribution < -0.4 is 4.90 Å². The van der Waals surface area contributed by atoms with E-state index in [4.69, 9.17) is 4.74 Å². The van der Waals surface area contributed by atoms with Gasteiger partial charge in [-0.25, -0.2) is 4.79 Å². The van der Waals surface area contributed by atoms with Gasteiger partial charge in [0.2, 0.25) is 0 Å². The number of anilines is 1. The molecule has 2 aromatic carbocycles. The van der Waals surface area contributed by atoms with Crippen molar-refractivity contribution < 1.29 is 19.4 Å². The molecule has 5 nitrogen and oxygen atoms in total. The SMILES string of the molecule is CCOC(=O)C(=C=CC1(O)C(=O)N(C)c2ccccc21)Cc1ccccc1. The average molecular weight is 363 g/mol. The lowest BCUT2D eigenvalue weighted by atomic mass is 9.94. The van der Waals surface area contributed by atoms with Crippen LogP contribution >= 0.6 is 0 Å². The smallest absolute Gasteiger partial charge is 0.342 e. The summed E-state index contributed by atoms with van der Waals surface area (Å²) >= 11 is 0. The quantitative estimate of drug-likeness (QED) is 0.504. The van der Waals surface area contributed by atoms with Gasteiger partial charge in [-0.3, -0.25) is 4.79 Å². The third-order valence-corrected chi connectivity index (χ3v) is 4.51. The summed E-state index contributed by atoms with van der Waals surface area (Å²) in [7, 11) is 1.60. The highest BCUT2D eigenvalue weighted by molar-refractivity contribution is 6.07. The first kappa shape index (κ1) is 18.6. The van der Waals surface area contributed by atoms with Crippen molar-refractivity contribution in [3.05, 3.63) is 83.1 Å². The van der Waals surface area contributed by atoms with Gasteiger partial charge in [0.05, 0.1) is 17.9 Å². The van der Waals surface area contributed by atoms with Gasteiger partial charge in [0.25, 0.3) is 5.91 Å². The monoisotopic (exact) mass is 363 g/mol. The van der Waals surface area contributed by atoms with Gasteiger partial charge in [-0.2, -0.15) is 0 Å². The van der Waals surface area contributed by atoms with Crippen LogP contribution in [0.15, 0.2) is 72.0 Å². The van der Waals surface area contributed by atoms with E-state index in [-0.39, 0.29) is 18.6 Å². The van der Waals surface area contributed by atoms with E-state index < -0.39 is 17.5 Å². The molecule has 2 aromatic rings. The fourth-order valence-corrected chi connectivity index (χ4v) is 3.10. The number of amides is 1. The number of esters is 1. The van der Waals surface area contributed by atoms with Crippen LogP contribution in [-0.4, -0.2) is 30.6 Å². The average Bonchev–Trinajstić information content (AvgIpc) is 2.88. The molecule has 0 saturated heterocycles. The van der Waals surface area contributed by atoms with Crippen molar-refractivity contribution in [2.45, 2.75) is 18.9 Å². The highest BCUT2D eigenvalue weighted by atomic mass is 16.5. The number of aliphatic hydroxyl groups is 1. The van der Waals surface area contributed by atoms with Gasteiger partial charge in [-0.15, -0.1) is 5.73 Å². The maximum atomic E-state index is 12.6. The summed E-state index contributed by atoms with van der Waals surface area (Å²) < 4.78 is 5.11. The Morgan fingerprint density at radius 3 is 2.56 bits per heavy atom. The largest absolute Gasteiger partial charge is 0.462 e. The van der Waals surface area contributed by atoms with Crippen LogP contribution in [0.25, 0.3) is 0 Å². The first-order valence-corrected chi connectivity index (χ1v) is 8.75. The predicted octanol–water partition coefficient (Wildman–Crippen LogP) is 2.74. The van der Waals surface area contributed by atoms with Crippen LogP contribution in [0.2, 0.25) is 0 Å². The standard InChI is InChI=1S/C22H21NO4/c1-3-27-20(24)17(15-16-9-5-4-6-10-16)13-14-22(26)18-11-7-8-12-19(18)23(2)21(22)25/h4-12,14,26H,3,15H2,1-2H3. The van der Waals surface area contributed by atoms with Gasteiger partial charge in [0.15, 0.2) is 5.60 Å². The molecule has 138 valence electrons. The van der Waals surface area contributed by atoms with Gasteiger partial charge in [0.1, 0.15) is 0 Å². The van der Waals surface area contributed by atoms with E-state index in [9.17, 15) is 14.7 Å². The van der Waals surface area contributed by atoms with Crippen molar-refractivity contribution in [1.29, 1.82) is 0 Å². The number of ether oxygens (including phenoxy) is 1. The Morgan fingerprint density at radius 2 is 1.85 bits per heavy atom. The van der Waals surface area contributed by atoms with Crippen LogP contribution in [0.5, 0.6) is 0 Å². The minimum absolute atomic E-state index is 0.230. The van der Waals surface area contributed by atoms with Crippen LogP contribution in [0.4, 0.5) is 5.69 Å². The van der Waals surface area contributed by atoms with E-state index in [1.165, 1.54) is 11.0 Å². The molecule has 1 N–H and O–H groups in total. The molecule has 1 atom stereocenters. The Labute approximate surface area is 158 Å². The Bertz CT molecular complexity index is 928. The highest BCUT2D eigenvalue weighted by Gasteiger charge is 2.46. The molecular formula is C22H21NO4. The molecule has 1 aliphatic rings. The van der Waals surface area contributed by atoms with Crippen molar-refractivity contribution in [2.24, 2.45) is 0 Å². The number of hydrogen-bond donors (Lipinski definition) is 1. The zero-order valence-corrected chi connectivity index (χ0v) is 15.3. The molecule has 0 aromatic heterocycles. The maximum Gasteiger partial charge on any atom is 0.342 e. The molecule has 3 rings (SSSR count). The van der Waals surface area contributed by atoms with E-state index in [2.05, 4.69) is 5.73 Å². The lowest BCUT2D eigenvalue weighted by molar-refractivity contribution is -0.138. The summed E-state index contributed by atoms with van der Waals surface area (Å²) in [6.45, 7) is 1.95. The van der Waals surface area contributed by atoms with Crippen LogP contribution in [-0.2, 0) is 26.3 Å². The van der Waals surface area contributed by atoms with Gasteiger partial charge < -0.3 is 14.7 Å². The van der Waals surface area contributed by atoms with Gasteiger partial charge in [0, 0.05) is 25.1 Å². The van der Waals surface area contributed by atoms with E-state index in [1.54, 1.807) is 38.2 Å². The highest BCUT2D eigenvalue weighted by Crippen LogP contribution is 2.40. The minimum atomic E-state index is -1.86. The van der Waals surface area contributed by atoms with Crippen LogP contribution in [0, 0.1) is 0 Å². The lowest BCUT2D eigenvalue weighted by Crippen LogP contribution is -2.36. The van der Waals surface area contributed by atoms with E-state index in [1.807, 2.05) is 30.3 Å². The first-order chi connectivity index (χ1) is 13.0. The molecule has 0 saturated carbocycles. The zero-order valence-electron chi connectivity index (χ0n) is 15.3. The van der Waals surface area contributed by atoms with Crippen LogP contribution in [0.1, 0.15) is 18.1 Å². The fraction of sp³-hybridized carbons (Fsp3) is 0.227. The second-order valence-corrected chi connectivity index (χ2v) is 6.30. The number of hydrogen-bond acceptors (Lipinski definition) is 4. The molecule has 0 radical (unpaired) electrons. The minimum Gasteiger partial charge on any atom is -0.462 e. The third-order valence-electron chi connectivity index (χ3n) is 4.51. The summed E-state index contributed by atoms with van der Waals surface area (Å²) in [5, 5.41) is 11.0. The number of carbonyl (C=O) groups is 2. The second kappa shape index (κ2) is 7.62. The van der Waals surface area contributed by atoms with Crippen molar-refractivity contribution in [2.75, 3.05) is 18.6 Å². The normalized spacial score (nSPS) is 17.9. The summed E-state index contributed by atoms with van der Waals surface area (Å²) in [5.74, 6) is -1.01. The number of carbonyl (C=O) groups excluding carboxylic acids is 2. The van der Waals surface area contributed by atoms with Crippen LogP contribution in [0.3, 0.4) is 0 Å². The zero-order chi connectivity index (χ0) is 19.4. The van der Waals surface area contributed by atoms with Crippen molar-refractivity contribution in [3.8, 4) is 0 Å². The number of benzene rings is 2. The fourth-order valence-electron chi connectivity index (χ4n) is 3.10. The maximum absolute atomic E-state index is 12.6. The molecule has 0 fully saturated rings.